The molecule has 0 saturated carbocycles. The fourth-order valence-electron chi connectivity index (χ4n) is 3.39. The van der Waals surface area contributed by atoms with E-state index in [4.69, 9.17) is 16.3 Å². The Labute approximate surface area is 186 Å². The average molecular weight is 463 g/mol. The molecule has 0 bridgehead atoms. The number of halogens is 1. The van der Waals surface area contributed by atoms with Crippen molar-refractivity contribution in [3.05, 3.63) is 81.5 Å². The van der Waals surface area contributed by atoms with Gasteiger partial charge in [0.05, 0.1) is 30.3 Å². The van der Waals surface area contributed by atoms with Gasteiger partial charge in [0.2, 0.25) is 0 Å². The van der Waals surface area contributed by atoms with Crippen LogP contribution in [0.4, 0.5) is 5.69 Å². The molecule has 2 aromatic carbocycles. The number of ether oxygens (including phenoxy) is 1. The van der Waals surface area contributed by atoms with E-state index >= 15 is 0 Å². The summed E-state index contributed by atoms with van der Waals surface area (Å²) in [4.78, 5) is 3.62. The van der Waals surface area contributed by atoms with Crippen molar-refractivity contribution in [1.82, 2.24) is 4.90 Å². The van der Waals surface area contributed by atoms with Gasteiger partial charge < -0.3 is 4.74 Å². The molecular weight excluding hydrogens is 440 g/mol. The van der Waals surface area contributed by atoms with Crippen LogP contribution in [0.25, 0.3) is 0 Å². The van der Waals surface area contributed by atoms with Crippen LogP contribution >= 0.6 is 22.9 Å². The van der Waals surface area contributed by atoms with Crippen molar-refractivity contribution >= 4 is 38.6 Å². The van der Waals surface area contributed by atoms with E-state index < -0.39 is 10.0 Å². The van der Waals surface area contributed by atoms with Gasteiger partial charge in [0, 0.05) is 29.5 Å². The van der Waals surface area contributed by atoms with Gasteiger partial charge in [-0.2, -0.15) is 0 Å². The highest BCUT2D eigenvalue weighted by Crippen LogP contribution is 2.29. The van der Waals surface area contributed by atoms with Crippen molar-refractivity contribution in [2.75, 3.05) is 30.6 Å². The van der Waals surface area contributed by atoms with E-state index in [1.165, 1.54) is 9.87 Å². The molecule has 0 amide bonds. The van der Waals surface area contributed by atoms with Crippen molar-refractivity contribution in [3.8, 4) is 0 Å². The topological polar surface area (TPSA) is 49.9 Å². The maximum absolute atomic E-state index is 13.4. The van der Waals surface area contributed by atoms with Crippen molar-refractivity contribution in [2.24, 2.45) is 0 Å². The molecule has 0 N–H and O–H groups in total. The lowest BCUT2D eigenvalue weighted by Gasteiger charge is -2.26. The van der Waals surface area contributed by atoms with E-state index in [1.54, 1.807) is 59.9 Å². The molecule has 30 heavy (non-hydrogen) atoms. The van der Waals surface area contributed by atoms with E-state index in [1.807, 2.05) is 6.07 Å². The Morgan fingerprint density at radius 2 is 1.73 bits per heavy atom. The summed E-state index contributed by atoms with van der Waals surface area (Å²) < 4.78 is 33.7. The minimum Gasteiger partial charge on any atom is -0.379 e. The number of sulfonamides is 1. The molecule has 4 rings (SSSR count). The Balaban J connectivity index is 1.60. The van der Waals surface area contributed by atoms with Crippen LogP contribution < -0.4 is 4.31 Å². The molecule has 0 radical (unpaired) electrons. The summed E-state index contributed by atoms with van der Waals surface area (Å²) in [5.74, 6) is 0. The van der Waals surface area contributed by atoms with Gasteiger partial charge in [-0.15, -0.1) is 11.3 Å². The highest BCUT2D eigenvalue weighted by atomic mass is 35.5. The minimum absolute atomic E-state index is 0.269. The Morgan fingerprint density at radius 3 is 2.43 bits per heavy atom. The number of hydrogen-bond acceptors (Lipinski definition) is 5. The van der Waals surface area contributed by atoms with Crippen LogP contribution in [0.5, 0.6) is 0 Å². The normalized spacial score (nSPS) is 15.2. The lowest BCUT2D eigenvalue weighted by molar-refractivity contribution is 0.0342. The van der Waals surface area contributed by atoms with Crippen molar-refractivity contribution in [2.45, 2.75) is 18.0 Å². The number of anilines is 1. The van der Waals surface area contributed by atoms with E-state index in [2.05, 4.69) is 16.3 Å². The smallest absolute Gasteiger partial charge is 0.264 e. The quantitative estimate of drug-likeness (QED) is 0.513. The van der Waals surface area contributed by atoms with Gasteiger partial charge in [-0.25, -0.2) is 8.42 Å². The molecule has 8 heteroatoms. The third-order valence-electron chi connectivity index (χ3n) is 4.96. The van der Waals surface area contributed by atoms with Crippen LogP contribution in [0.3, 0.4) is 0 Å². The SMILES string of the molecule is O=S(=O)(c1ccccc1)N(Cc1cc(CN2CCOCC2)cs1)c1ccc(Cl)cc1. The van der Waals surface area contributed by atoms with Crippen LogP contribution in [0.2, 0.25) is 5.02 Å². The van der Waals surface area contributed by atoms with Crippen LogP contribution in [0, 0.1) is 0 Å². The standard InChI is InChI=1S/C22H23ClN2O3S2/c23-19-6-8-20(9-7-19)25(30(26,27)22-4-2-1-3-5-22)16-21-14-18(17-29-21)15-24-10-12-28-13-11-24/h1-9,14,17H,10-13,15-16H2. The molecule has 158 valence electrons. The van der Waals surface area contributed by atoms with Gasteiger partial charge in [0.1, 0.15) is 0 Å². The third-order valence-corrected chi connectivity index (χ3v) is 7.97. The highest BCUT2D eigenvalue weighted by Gasteiger charge is 2.25. The van der Waals surface area contributed by atoms with Gasteiger partial charge in [0.15, 0.2) is 0 Å². The van der Waals surface area contributed by atoms with Gasteiger partial charge >= 0.3 is 0 Å². The first-order chi connectivity index (χ1) is 14.5. The predicted molar refractivity (Wildman–Crippen MR) is 122 cm³/mol. The zero-order valence-corrected chi connectivity index (χ0v) is 18.8. The molecule has 5 nitrogen and oxygen atoms in total. The Kier molecular flexibility index (Phi) is 6.75. The summed E-state index contributed by atoms with van der Waals surface area (Å²) in [5.41, 5.74) is 1.79. The summed E-state index contributed by atoms with van der Waals surface area (Å²) in [6, 6.07) is 17.5. The van der Waals surface area contributed by atoms with Crippen LogP contribution in [0.1, 0.15) is 10.4 Å². The summed E-state index contributed by atoms with van der Waals surface area (Å²) in [6.07, 6.45) is 0. The first kappa shape index (κ1) is 21.3. The van der Waals surface area contributed by atoms with E-state index in [-0.39, 0.29) is 11.4 Å². The maximum atomic E-state index is 13.4. The van der Waals surface area contributed by atoms with Gasteiger partial charge in [-0.1, -0.05) is 29.8 Å². The number of nitrogens with zero attached hydrogens (tertiary/aromatic N) is 2. The van der Waals surface area contributed by atoms with Crippen molar-refractivity contribution in [1.29, 1.82) is 0 Å². The molecule has 0 aliphatic carbocycles. The molecule has 1 aromatic heterocycles. The molecule has 3 aromatic rings. The number of rotatable bonds is 7. The molecule has 0 spiro atoms. The Morgan fingerprint density at radius 1 is 1.03 bits per heavy atom. The number of morpholine rings is 1. The second kappa shape index (κ2) is 9.49. The first-order valence-electron chi connectivity index (χ1n) is 9.72. The molecular formula is C22H23ClN2O3S2. The molecule has 1 aliphatic rings. The Bertz CT molecular complexity index is 1060. The van der Waals surface area contributed by atoms with E-state index in [0.717, 1.165) is 37.7 Å². The molecule has 1 aliphatic heterocycles. The fraction of sp³-hybridized carbons (Fsp3) is 0.273. The summed E-state index contributed by atoms with van der Waals surface area (Å²) in [6.45, 7) is 4.49. The average Bonchev–Trinajstić information content (AvgIpc) is 3.21. The van der Waals surface area contributed by atoms with E-state index in [0.29, 0.717) is 10.7 Å². The van der Waals surface area contributed by atoms with Crippen molar-refractivity contribution < 1.29 is 13.2 Å². The molecule has 2 heterocycles. The molecule has 0 atom stereocenters. The molecule has 1 fully saturated rings. The van der Waals surface area contributed by atoms with Crippen LogP contribution in [-0.2, 0) is 27.8 Å². The summed E-state index contributed by atoms with van der Waals surface area (Å²) in [7, 11) is -3.71. The van der Waals surface area contributed by atoms with Gasteiger partial charge in [-0.3, -0.25) is 9.21 Å². The van der Waals surface area contributed by atoms with Crippen LogP contribution in [-0.4, -0.2) is 39.6 Å². The first-order valence-corrected chi connectivity index (χ1v) is 12.4. The van der Waals surface area contributed by atoms with Crippen molar-refractivity contribution in [3.63, 3.8) is 0 Å². The largest absolute Gasteiger partial charge is 0.379 e. The summed E-state index contributed by atoms with van der Waals surface area (Å²) >= 11 is 7.61. The second-order valence-electron chi connectivity index (χ2n) is 7.11. The van der Waals surface area contributed by atoms with Gasteiger partial charge in [-0.05, 0) is 53.4 Å². The zero-order chi connectivity index (χ0) is 21.0. The maximum Gasteiger partial charge on any atom is 0.264 e. The third kappa shape index (κ3) is 5.04. The second-order valence-corrected chi connectivity index (χ2v) is 10.4. The Hall–Kier alpha value is -1.90. The number of thiophene rings is 1. The molecule has 1 saturated heterocycles. The summed E-state index contributed by atoms with van der Waals surface area (Å²) in [5, 5.41) is 2.68. The predicted octanol–water partition coefficient (Wildman–Crippen LogP) is 4.63. The minimum atomic E-state index is -3.71. The highest BCUT2D eigenvalue weighted by molar-refractivity contribution is 7.92. The number of benzene rings is 2. The fourth-order valence-corrected chi connectivity index (χ4v) is 5.93. The lowest BCUT2D eigenvalue weighted by Crippen LogP contribution is -2.35. The lowest BCUT2D eigenvalue weighted by atomic mass is 10.2. The van der Waals surface area contributed by atoms with E-state index in [9.17, 15) is 8.42 Å². The zero-order valence-electron chi connectivity index (χ0n) is 16.4. The molecule has 0 unspecified atom stereocenters. The van der Waals surface area contributed by atoms with Gasteiger partial charge in [0.25, 0.3) is 10.0 Å². The van der Waals surface area contributed by atoms with Crippen LogP contribution in [0.15, 0.2) is 70.9 Å². The monoisotopic (exact) mass is 462 g/mol. The number of hydrogen-bond donors (Lipinski definition) is 0.